The topological polar surface area (TPSA) is 173 Å². The molecule has 0 fully saturated rings. The second-order valence-corrected chi connectivity index (χ2v) is 0.848. The van der Waals surface area contributed by atoms with E-state index in [4.69, 9.17) is 45.0 Å². The summed E-state index contributed by atoms with van der Waals surface area (Å²) in [6.07, 6.45) is -5.50. The molecule has 0 heterocycles. The lowest BCUT2D eigenvalue weighted by molar-refractivity contribution is 0.135. The van der Waals surface area contributed by atoms with Crippen molar-refractivity contribution in [3.63, 3.8) is 0 Å². The molecule has 0 saturated heterocycles. The molecule has 0 aromatic rings. The van der Waals surface area contributed by atoms with Crippen LogP contribution >= 0.6 is 19.8 Å². The Morgan fingerprint density at radius 2 is 0.500 bits per heavy atom. The van der Waals surface area contributed by atoms with Crippen LogP contribution in [0.2, 0.25) is 0 Å². The summed E-state index contributed by atoms with van der Waals surface area (Å²) in [6, 6.07) is 0. The molecule has 0 rings (SSSR count). The second kappa shape index (κ2) is 22.6. The number of carbonyl (C=O) groups is 3. The first kappa shape index (κ1) is 29.3. The summed E-state index contributed by atoms with van der Waals surface area (Å²) in [6.45, 7) is 0. The van der Waals surface area contributed by atoms with E-state index in [0.29, 0.717) is 0 Å². The maximum atomic E-state index is 8.56. The van der Waals surface area contributed by atoms with Crippen LogP contribution in [0.4, 0.5) is 14.4 Å². The number of hydrogen-bond acceptors (Lipinski definition) is 3. The van der Waals surface area contributed by atoms with E-state index < -0.39 is 18.5 Å². The van der Waals surface area contributed by atoms with Gasteiger partial charge in [-0.15, -0.1) is 0 Å². The van der Waals surface area contributed by atoms with Crippen molar-refractivity contribution >= 4 is 38.3 Å². The largest absolute Gasteiger partial charge is 0.503 e. The number of hydrogen-bond donors (Lipinski definition) is 6. The monoisotopic (exact) mass is 254 g/mol. The predicted octanol–water partition coefficient (Wildman–Crippen LogP) is 0.783. The van der Waals surface area contributed by atoms with Crippen molar-refractivity contribution in [2.24, 2.45) is 0 Å². The Bertz CT molecular complexity index is 116. The highest BCUT2D eigenvalue weighted by Crippen LogP contribution is 1.43. The van der Waals surface area contributed by atoms with Gasteiger partial charge in [0.15, 0.2) is 0 Å². The van der Waals surface area contributed by atoms with Gasteiger partial charge in [0.25, 0.3) is 0 Å². The summed E-state index contributed by atoms with van der Waals surface area (Å²) >= 11 is 0. The molecule has 2 unspecified atom stereocenters. The first-order valence-corrected chi connectivity index (χ1v) is 1.95. The second-order valence-electron chi connectivity index (χ2n) is 0.848. The molecule has 9 nitrogen and oxygen atoms in total. The number of carboxylic acid groups (broad SMARTS) is 6. The zero-order valence-electron chi connectivity index (χ0n) is 6.82. The summed E-state index contributed by atoms with van der Waals surface area (Å²) in [5, 5.41) is 41.8. The minimum atomic E-state index is -1.83. The normalized spacial score (nSPS) is 5.14. The lowest BCUT2D eigenvalue weighted by Crippen LogP contribution is -1.81. The van der Waals surface area contributed by atoms with Gasteiger partial charge in [-0.25, -0.2) is 14.4 Å². The molecule has 0 aromatic heterocycles. The third-order valence-corrected chi connectivity index (χ3v) is 0. The van der Waals surface area contributed by atoms with Crippen LogP contribution in [-0.2, 0) is 0 Å². The fourth-order valence-electron chi connectivity index (χ4n) is 0. The molecule has 11 heteroatoms. The standard InChI is InChI=1S/3CH2O3.2H3P/c3*2-1(3)4;;/h3*(H2,2,3,4);2*1H3. The molecule has 0 aliphatic carbocycles. The van der Waals surface area contributed by atoms with Crippen LogP contribution in [0.1, 0.15) is 0 Å². The Balaban J connectivity index is -0.0000000270. The van der Waals surface area contributed by atoms with Crippen molar-refractivity contribution in [3.8, 4) is 0 Å². The van der Waals surface area contributed by atoms with E-state index in [2.05, 4.69) is 0 Å². The molecular weight excluding hydrogens is 242 g/mol. The van der Waals surface area contributed by atoms with E-state index in [1.54, 1.807) is 0 Å². The first-order valence-electron chi connectivity index (χ1n) is 1.95. The van der Waals surface area contributed by atoms with Crippen molar-refractivity contribution < 1.29 is 45.0 Å². The molecule has 2 atom stereocenters. The van der Waals surface area contributed by atoms with Gasteiger partial charge in [0, 0.05) is 0 Å². The minimum absolute atomic E-state index is 0. The Hall–Kier alpha value is -1.33. The highest BCUT2D eigenvalue weighted by atomic mass is 31.0. The third kappa shape index (κ3) is 564. The smallest absolute Gasteiger partial charge is 0.450 e. The average Bonchev–Trinajstić information content (AvgIpc) is 1.54. The molecule has 0 aromatic carbocycles. The van der Waals surface area contributed by atoms with Crippen molar-refractivity contribution in [2.75, 3.05) is 0 Å². The predicted molar refractivity (Wildman–Crippen MR) is 54.2 cm³/mol. The van der Waals surface area contributed by atoms with Gasteiger partial charge in [0.05, 0.1) is 0 Å². The zero-order valence-corrected chi connectivity index (χ0v) is 9.65. The van der Waals surface area contributed by atoms with Crippen molar-refractivity contribution in [2.45, 2.75) is 0 Å². The molecule has 6 N–H and O–H groups in total. The van der Waals surface area contributed by atoms with E-state index in [9.17, 15) is 0 Å². The molecule has 0 aliphatic rings. The van der Waals surface area contributed by atoms with E-state index in [1.165, 1.54) is 0 Å². The summed E-state index contributed by atoms with van der Waals surface area (Å²) < 4.78 is 0. The molecule has 0 spiro atoms. The summed E-state index contributed by atoms with van der Waals surface area (Å²) in [5.74, 6) is 0. The maximum Gasteiger partial charge on any atom is 0.503 e. The van der Waals surface area contributed by atoms with E-state index in [-0.39, 0.29) is 19.8 Å². The van der Waals surface area contributed by atoms with Crippen LogP contribution in [-0.4, -0.2) is 49.1 Å². The van der Waals surface area contributed by atoms with Gasteiger partial charge in [-0.05, 0) is 0 Å². The molecule has 14 heavy (non-hydrogen) atoms. The van der Waals surface area contributed by atoms with Gasteiger partial charge in [-0.1, -0.05) is 0 Å². The molecule has 0 bridgehead atoms. The van der Waals surface area contributed by atoms with E-state index in [0.717, 1.165) is 0 Å². The van der Waals surface area contributed by atoms with Crippen LogP contribution in [0, 0.1) is 0 Å². The van der Waals surface area contributed by atoms with Gasteiger partial charge in [0.1, 0.15) is 0 Å². The molecule has 0 saturated carbocycles. The first-order chi connectivity index (χ1) is 5.20. The molecule has 0 aliphatic heterocycles. The quantitative estimate of drug-likeness (QED) is 0.341. The summed E-state index contributed by atoms with van der Waals surface area (Å²) in [5.41, 5.74) is 0. The van der Waals surface area contributed by atoms with Gasteiger partial charge >= 0.3 is 18.5 Å². The molecule has 0 amide bonds. The lowest BCUT2D eigenvalue weighted by atomic mass is 11.5. The van der Waals surface area contributed by atoms with Crippen molar-refractivity contribution in [1.29, 1.82) is 0 Å². The maximum absolute atomic E-state index is 8.56. The molecule has 0 radical (unpaired) electrons. The Morgan fingerprint density at radius 1 is 0.500 bits per heavy atom. The van der Waals surface area contributed by atoms with Gasteiger partial charge < -0.3 is 30.6 Å². The lowest BCUT2D eigenvalue weighted by Gasteiger charge is -1.60. The Morgan fingerprint density at radius 3 is 0.500 bits per heavy atom. The zero-order chi connectivity index (χ0) is 10.7. The third-order valence-electron chi connectivity index (χ3n) is 0. The average molecular weight is 254 g/mol. The van der Waals surface area contributed by atoms with Crippen LogP contribution < -0.4 is 0 Å². The van der Waals surface area contributed by atoms with Gasteiger partial charge in [0.2, 0.25) is 0 Å². The van der Waals surface area contributed by atoms with Gasteiger partial charge in [-0.3, -0.25) is 0 Å². The summed E-state index contributed by atoms with van der Waals surface area (Å²) in [4.78, 5) is 25.7. The fourth-order valence-corrected chi connectivity index (χ4v) is 0. The molecular formula is C3H12O9P2. The number of rotatable bonds is 0. The van der Waals surface area contributed by atoms with Crippen molar-refractivity contribution in [1.82, 2.24) is 0 Å². The highest BCUT2D eigenvalue weighted by Gasteiger charge is 1.70. The van der Waals surface area contributed by atoms with E-state index >= 15 is 0 Å². The minimum Gasteiger partial charge on any atom is -0.450 e. The van der Waals surface area contributed by atoms with Crippen LogP contribution in [0.15, 0.2) is 0 Å². The fraction of sp³-hybridized carbons (Fsp3) is 0. The SMILES string of the molecule is O=C(O)O.O=C(O)O.O=C(O)O.P.P. The van der Waals surface area contributed by atoms with Crippen molar-refractivity contribution in [3.05, 3.63) is 0 Å². The Labute approximate surface area is 84.2 Å². The van der Waals surface area contributed by atoms with Gasteiger partial charge in [-0.2, -0.15) is 19.8 Å². The summed E-state index contributed by atoms with van der Waals surface area (Å²) in [7, 11) is 0. The molecule has 88 valence electrons. The van der Waals surface area contributed by atoms with Crippen LogP contribution in [0.5, 0.6) is 0 Å². The van der Waals surface area contributed by atoms with E-state index in [1.807, 2.05) is 0 Å². The van der Waals surface area contributed by atoms with Crippen LogP contribution in [0.25, 0.3) is 0 Å². The van der Waals surface area contributed by atoms with Crippen LogP contribution in [0.3, 0.4) is 0 Å². The Kier molecular flexibility index (Phi) is 47.3. The highest BCUT2D eigenvalue weighted by molar-refractivity contribution is 6.92.